The highest BCUT2D eigenvalue weighted by Gasteiger charge is 2.36. The van der Waals surface area contributed by atoms with Gasteiger partial charge in [0.1, 0.15) is 11.6 Å². The Kier molecular flexibility index (Phi) is 6.77. The van der Waals surface area contributed by atoms with Crippen LogP contribution in [0, 0.1) is 5.82 Å². The van der Waals surface area contributed by atoms with Gasteiger partial charge in [-0.15, -0.1) is 0 Å². The Morgan fingerprint density at radius 3 is 2.67 bits per heavy atom. The molecule has 5 heteroatoms. The maximum absolute atomic E-state index is 13.8. The van der Waals surface area contributed by atoms with E-state index in [0.29, 0.717) is 12.1 Å². The van der Waals surface area contributed by atoms with Crippen LogP contribution in [0.2, 0.25) is 0 Å². The summed E-state index contributed by atoms with van der Waals surface area (Å²) in [5, 5.41) is 0. The molecule has 0 spiro atoms. The second kappa shape index (κ2) is 9.74. The lowest BCUT2D eigenvalue weighted by atomic mass is 9.82. The normalized spacial score (nSPS) is 16.5. The van der Waals surface area contributed by atoms with Crippen molar-refractivity contribution in [1.29, 1.82) is 0 Å². The second-order valence-corrected chi connectivity index (χ2v) is 9.35. The number of aromatic nitrogens is 1. The molecule has 1 saturated heterocycles. The highest BCUT2D eigenvalue weighted by molar-refractivity contribution is 5.87. The summed E-state index contributed by atoms with van der Waals surface area (Å²) in [5.41, 5.74) is 3.26. The summed E-state index contributed by atoms with van der Waals surface area (Å²) in [6, 6.07) is 18.6. The number of pyridine rings is 1. The monoisotopic (exact) mass is 446 g/mol. The first kappa shape index (κ1) is 23.0. The molecule has 1 fully saturated rings. The van der Waals surface area contributed by atoms with Gasteiger partial charge in [0.15, 0.2) is 0 Å². The van der Waals surface area contributed by atoms with E-state index in [2.05, 4.69) is 18.2 Å². The fourth-order valence-corrected chi connectivity index (χ4v) is 4.60. The van der Waals surface area contributed by atoms with Crippen LogP contribution in [-0.2, 0) is 16.6 Å². The lowest BCUT2D eigenvalue weighted by Crippen LogP contribution is -2.47. The van der Waals surface area contributed by atoms with Gasteiger partial charge in [0.25, 0.3) is 0 Å². The minimum absolute atomic E-state index is 0.0347. The number of ether oxygens (including phenoxy) is 1. The number of piperidine rings is 1. The molecule has 4 rings (SSSR count). The van der Waals surface area contributed by atoms with Gasteiger partial charge in [-0.2, -0.15) is 0 Å². The number of methoxy groups -OCH3 is 1. The predicted octanol–water partition coefficient (Wildman–Crippen LogP) is 5.50. The molecule has 2 aromatic carbocycles. The zero-order valence-electron chi connectivity index (χ0n) is 19.6. The van der Waals surface area contributed by atoms with Crippen molar-refractivity contribution in [1.82, 2.24) is 9.88 Å². The van der Waals surface area contributed by atoms with Crippen molar-refractivity contribution in [2.24, 2.45) is 0 Å². The Balaban J connectivity index is 1.44. The third-order valence-electron chi connectivity index (χ3n) is 6.60. The van der Waals surface area contributed by atoms with E-state index in [0.717, 1.165) is 42.8 Å². The van der Waals surface area contributed by atoms with Gasteiger partial charge in [-0.25, -0.2) is 4.39 Å². The molecule has 1 aromatic heterocycles. The number of amides is 1. The van der Waals surface area contributed by atoms with Crippen LogP contribution in [0.3, 0.4) is 0 Å². The molecule has 0 saturated carbocycles. The van der Waals surface area contributed by atoms with Crippen LogP contribution in [-0.4, -0.2) is 36.0 Å². The number of hydrogen-bond donors (Lipinski definition) is 0. The molecule has 2 heterocycles. The van der Waals surface area contributed by atoms with Gasteiger partial charge in [-0.3, -0.25) is 9.78 Å². The standard InChI is InChI=1S/C28H31FN2O2/c1-28(2,23-9-5-10-24(29)17-23)27(32)31-14-6-8-22(19-31)26-13-12-21(18-30-26)15-20-7-4-11-25(16-20)33-3/h4-5,7,9-13,16-18,22H,6,8,14-15,19H2,1-3H3/t22-/m0/s1. The van der Waals surface area contributed by atoms with Crippen molar-refractivity contribution in [3.63, 3.8) is 0 Å². The van der Waals surface area contributed by atoms with Crippen LogP contribution in [0.15, 0.2) is 66.9 Å². The zero-order chi connectivity index (χ0) is 23.4. The molecule has 1 amide bonds. The highest BCUT2D eigenvalue weighted by Crippen LogP contribution is 2.31. The molecule has 4 nitrogen and oxygen atoms in total. The molecule has 33 heavy (non-hydrogen) atoms. The van der Waals surface area contributed by atoms with Gasteiger partial charge in [0.2, 0.25) is 5.91 Å². The fourth-order valence-electron chi connectivity index (χ4n) is 4.60. The van der Waals surface area contributed by atoms with E-state index in [9.17, 15) is 9.18 Å². The van der Waals surface area contributed by atoms with Crippen molar-refractivity contribution in [2.75, 3.05) is 20.2 Å². The summed E-state index contributed by atoms with van der Waals surface area (Å²) in [7, 11) is 1.67. The van der Waals surface area contributed by atoms with Crippen LogP contribution in [0.4, 0.5) is 4.39 Å². The summed E-state index contributed by atoms with van der Waals surface area (Å²) in [6.45, 7) is 5.11. The summed E-state index contributed by atoms with van der Waals surface area (Å²) in [5.74, 6) is 0.776. The average molecular weight is 447 g/mol. The molecular formula is C28H31FN2O2. The Morgan fingerprint density at radius 2 is 1.94 bits per heavy atom. The number of nitrogens with zero attached hydrogens (tertiary/aromatic N) is 2. The molecule has 0 bridgehead atoms. The first-order chi connectivity index (χ1) is 15.9. The van der Waals surface area contributed by atoms with Gasteiger partial charge >= 0.3 is 0 Å². The number of carbonyl (C=O) groups excluding carboxylic acids is 1. The Bertz CT molecular complexity index is 1110. The third-order valence-corrected chi connectivity index (χ3v) is 6.60. The summed E-state index contributed by atoms with van der Waals surface area (Å²) >= 11 is 0. The zero-order valence-corrected chi connectivity index (χ0v) is 19.6. The van der Waals surface area contributed by atoms with Crippen LogP contribution in [0.25, 0.3) is 0 Å². The lowest BCUT2D eigenvalue weighted by Gasteiger charge is -2.37. The molecular weight excluding hydrogens is 415 g/mol. The van der Waals surface area contributed by atoms with Crippen LogP contribution >= 0.6 is 0 Å². The SMILES string of the molecule is COc1cccc(Cc2ccc([C@H]3CCCN(C(=O)C(C)(C)c4cccc(F)c4)C3)nc2)c1. The first-order valence-electron chi connectivity index (χ1n) is 11.5. The summed E-state index contributed by atoms with van der Waals surface area (Å²) in [6.07, 6.45) is 4.67. The van der Waals surface area contributed by atoms with Crippen molar-refractivity contribution < 1.29 is 13.9 Å². The van der Waals surface area contributed by atoms with E-state index < -0.39 is 5.41 Å². The van der Waals surface area contributed by atoms with E-state index in [4.69, 9.17) is 9.72 Å². The molecule has 0 aliphatic carbocycles. The number of hydrogen-bond acceptors (Lipinski definition) is 3. The molecule has 1 aliphatic rings. The quantitative estimate of drug-likeness (QED) is 0.502. The lowest BCUT2D eigenvalue weighted by molar-refractivity contribution is -0.137. The number of carbonyl (C=O) groups is 1. The van der Waals surface area contributed by atoms with Crippen LogP contribution in [0.1, 0.15) is 55.0 Å². The Labute approximate surface area is 195 Å². The molecule has 3 aromatic rings. The first-order valence-corrected chi connectivity index (χ1v) is 11.5. The van der Waals surface area contributed by atoms with Gasteiger partial charge in [-0.05, 0) is 80.1 Å². The summed E-state index contributed by atoms with van der Waals surface area (Å²) < 4.78 is 19.1. The van der Waals surface area contributed by atoms with Crippen molar-refractivity contribution in [3.05, 3.63) is 95.1 Å². The molecule has 1 atom stereocenters. The number of halogens is 1. The number of rotatable bonds is 6. The smallest absolute Gasteiger partial charge is 0.232 e. The van der Waals surface area contributed by atoms with E-state index in [-0.39, 0.29) is 17.6 Å². The van der Waals surface area contributed by atoms with Crippen LogP contribution < -0.4 is 4.74 Å². The van der Waals surface area contributed by atoms with E-state index in [1.165, 1.54) is 17.7 Å². The minimum atomic E-state index is -0.780. The third kappa shape index (κ3) is 5.24. The average Bonchev–Trinajstić information content (AvgIpc) is 2.84. The maximum Gasteiger partial charge on any atom is 0.232 e. The fraction of sp³-hybridized carbons (Fsp3) is 0.357. The number of benzene rings is 2. The Hall–Kier alpha value is -3.21. The van der Waals surface area contributed by atoms with E-state index in [1.807, 2.05) is 49.2 Å². The van der Waals surface area contributed by atoms with Gasteiger partial charge < -0.3 is 9.64 Å². The van der Waals surface area contributed by atoms with Crippen molar-refractivity contribution in [3.8, 4) is 5.75 Å². The number of likely N-dealkylation sites (tertiary alicyclic amines) is 1. The topological polar surface area (TPSA) is 42.4 Å². The molecule has 1 aliphatic heterocycles. The van der Waals surface area contributed by atoms with Gasteiger partial charge in [0, 0.05) is 30.9 Å². The largest absolute Gasteiger partial charge is 0.497 e. The molecule has 0 N–H and O–H groups in total. The summed E-state index contributed by atoms with van der Waals surface area (Å²) in [4.78, 5) is 20.1. The highest BCUT2D eigenvalue weighted by atomic mass is 19.1. The van der Waals surface area contributed by atoms with E-state index >= 15 is 0 Å². The maximum atomic E-state index is 13.8. The molecule has 0 unspecified atom stereocenters. The van der Waals surface area contributed by atoms with Crippen molar-refractivity contribution in [2.45, 2.75) is 44.4 Å². The minimum Gasteiger partial charge on any atom is -0.497 e. The molecule has 172 valence electrons. The van der Waals surface area contributed by atoms with Gasteiger partial charge in [-0.1, -0.05) is 30.3 Å². The Morgan fingerprint density at radius 1 is 1.12 bits per heavy atom. The molecule has 0 radical (unpaired) electrons. The van der Waals surface area contributed by atoms with Gasteiger partial charge in [0.05, 0.1) is 12.5 Å². The second-order valence-electron chi connectivity index (χ2n) is 9.35. The van der Waals surface area contributed by atoms with Crippen LogP contribution in [0.5, 0.6) is 5.75 Å². The predicted molar refractivity (Wildman–Crippen MR) is 128 cm³/mol. The van der Waals surface area contributed by atoms with Crippen molar-refractivity contribution >= 4 is 5.91 Å². The van der Waals surface area contributed by atoms with E-state index in [1.54, 1.807) is 13.2 Å².